The van der Waals surface area contributed by atoms with Gasteiger partial charge in [-0.2, -0.15) is 0 Å². The quantitative estimate of drug-likeness (QED) is 0.753. The van der Waals surface area contributed by atoms with Crippen LogP contribution in [0.2, 0.25) is 0 Å². The zero-order valence-electron chi connectivity index (χ0n) is 8.84. The number of hydrogen-bond acceptors (Lipinski definition) is 3. The molecule has 0 amide bonds. The second-order valence-corrected chi connectivity index (χ2v) is 3.15. The second kappa shape index (κ2) is 5.50. The summed E-state index contributed by atoms with van der Waals surface area (Å²) in [6.07, 6.45) is 1.10. The molecule has 0 atom stereocenters. The molecule has 0 saturated heterocycles. The zero-order valence-corrected chi connectivity index (χ0v) is 8.84. The lowest BCUT2D eigenvalue weighted by Crippen LogP contribution is -2.06. The van der Waals surface area contributed by atoms with Crippen LogP contribution in [0, 0.1) is 0 Å². The summed E-state index contributed by atoms with van der Waals surface area (Å²) >= 11 is 0. The minimum atomic E-state index is 0.552. The molecule has 0 bridgehead atoms. The first-order valence-electron chi connectivity index (χ1n) is 4.92. The van der Waals surface area contributed by atoms with Crippen molar-refractivity contribution in [2.45, 2.75) is 19.9 Å². The number of rotatable bonds is 5. The van der Waals surface area contributed by atoms with Crippen LogP contribution >= 0.6 is 0 Å². The van der Waals surface area contributed by atoms with E-state index in [4.69, 9.17) is 10.5 Å². The number of nitrogens with one attached hydrogen (secondary N) is 1. The van der Waals surface area contributed by atoms with Gasteiger partial charge in [0.15, 0.2) is 0 Å². The maximum Gasteiger partial charge on any atom is 0.120 e. The van der Waals surface area contributed by atoms with Crippen molar-refractivity contribution < 1.29 is 4.74 Å². The number of methoxy groups -OCH3 is 1. The SMILES string of the molecule is CCCNc1cc(OC)ccc1CN. The molecule has 3 nitrogen and oxygen atoms in total. The number of anilines is 1. The van der Waals surface area contributed by atoms with Gasteiger partial charge in [-0.15, -0.1) is 0 Å². The molecular formula is C11H18N2O. The summed E-state index contributed by atoms with van der Waals surface area (Å²) in [6, 6.07) is 5.91. The molecule has 0 aliphatic heterocycles. The van der Waals surface area contributed by atoms with Gasteiger partial charge in [-0.1, -0.05) is 13.0 Å². The third kappa shape index (κ3) is 2.64. The average Bonchev–Trinajstić information content (AvgIpc) is 2.25. The standard InChI is InChI=1S/C11H18N2O/c1-3-6-13-11-7-10(14-2)5-4-9(11)8-12/h4-5,7,13H,3,6,8,12H2,1-2H3. The fraction of sp³-hybridized carbons (Fsp3) is 0.455. The van der Waals surface area contributed by atoms with Gasteiger partial charge >= 0.3 is 0 Å². The topological polar surface area (TPSA) is 47.3 Å². The number of ether oxygens (including phenoxy) is 1. The van der Waals surface area contributed by atoms with Crippen LogP contribution in [-0.2, 0) is 6.54 Å². The van der Waals surface area contributed by atoms with E-state index in [2.05, 4.69) is 12.2 Å². The van der Waals surface area contributed by atoms with Crippen LogP contribution in [0.4, 0.5) is 5.69 Å². The van der Waals surface area contributed by atoms with Crippen LogP contribution in [-0.4, -0.2) is 13.7 Å². The van der Waals surface area contributed by atoms with Crippen molar-refractivity contribution in [3.8, 4) is 5.75 Å². The van der Waals surface area contributed by atoms with Gasteiger partial charge in [-0.3, -0.25) is 0 Å². The van der Waals surface area contributed by atoms with E-state index in [1.807, 2.05) is 18.2 Å². The zero-order chi connectivity index (χ0) is 10.4. The Kier molecular flexibility index (Phi) is 4.26. The van der Waals surface area contributed by atoms with Crippen molar-refractivity contribution in [3.05, 3.63) is 23.8 Å². The Labute approximate surface area is 85.3 Å². The summed E-state index contributed by atoms with van der Waals surface area (Å²) in [6.45, 7) is 3.64. The molecule has 0 radical (unpaired) electrons. The van der Waals surface area contributed by atoms with E-state index in [-0.39, 0.29) is 0 Å². The van der Waals surface area contributed by atoms with Gasteiger partial charge in [0.05, 0.1) is 7.11 Å². The fourth-order valence-electron chi connectivity index (χ4n) is 1.28. The number of nitrogens with two attached hydrogens (primary N) is 1. The first-order valence-corrected chi connectivity index (χ1v) is 4.92. The maximum atomic E-state index is 5.63. The van der Waals surface area contributed by atoms with Crippen LogP contribution in [0.1, 0.15) is 18.9 Å². The predicted octanol–water partition coefficient (Wildman–Crippen LogP) is 1.98. The molecule has 0 fully saturated rings. The van der Waals surface area contributed by atoms with E-state index in [0.29, 0.717) is 6.54 Å². The van der Waals surface area contributed by atoms with Crippen LogP contribution in [0.25, 0.3) is 0 Å². The first-order chi connectivity index (χ1) is 6.81. The molecule has 0 aliphatic carbocycles. The van der Waals surface area contributed by atoms with E-state index in [1.54, 1.807) is 7.11 Å². The van der Waals surface area contributed by atoms with E-state index in [9.17, 15) is 0 Å². The van der Waals surface area contributed by atoms with E-state index < -0.39 is 0 Å². The molecule has 0 saturated carbocycles. The molecule has 14 heavy (non-hydrogen) atoms. The van der Waals surface area contributed by atoms with Crippen molar-refractivity contribution in [1.82, 2.24) is 0 Å². The molecule has 0 heterocycles. The van der Waals surface area contributed by atoms with Gasteiger partial charge < -0.3 is 15.8 Å². The van der Waals surface area contributed by atoms with Crippen LogP contribution < -0.4 is 15.8 Å². The highest BCUT2D eigenvalue weighted by atomic mass is 16.5. The molecule has 0 spiro atoms. The highest BCUT2D eigenvalue weighted by Crippen LogP contribution is 2.21. The van der Waals surface area contributed by atoms with Gasteiger partial charge in [-0.05, 0) is 18.1 Å². The van der Waals surface area contributed by atoms with Crippen molar-refractivity contribution in [3.63, 3.8) is 0 Å². The number of hydrogen-bond donors (Lipinski definition) is 2. The Hall–Kier alpha value is -1.22. The normalized spacial score (nSPS) is 9.93. The highest BCUT2D eigenvalue weighted by molar-refractivity contribution is 5.55. The summed E-state index contributed by atoms with van der Waals surface area (Å²) in [4.78, 5) is 0. The molecule has 1 aromatic rings. The van der Waals surface area contributed by atoms with Gasteiger partial charge in [-0.25, -0.2) is 0 Å². The molecule has 0 aromatic heterocycles. The third-order valence-corrected chi connectivity index (χ3v) is 2.10. The largest absolute Gasteiger partial charge is 0.497 e. The lowest BCUT2D eigenvalue weighted by molar-refractivity contribution is 0.415. The van der Waals surface area contributed by atoms with Crippen LogP contribution in [0.5, 0.6) is 5.75 Å². The fourth-order valence-corrected chi connectivity index (χ4v) is 1.28. The lowest BCUT2D eigenvalue weighted by atomic mass is 10.1. The average molecular weight is 194 g/mol. The minimum absolute atomic E-state index is 0.552. The van der Waals surface area contributed by atoms with E-state index >= 15 is 0 Å². The molecule has 1 rings (SSSR count). The smallest absolute Gasteiger partial charge is 0.120 e. The molecule has 78 valence electrons. The van der Waals surface area contributed by atoms with Crippen LogP contribution in [0.15, 0.2) is 18.2 Å². The van der Waals surface area contributed by atoms with Crippen molar-refractivity contribution in [2.75, 3.05) is 19.0 Å². The van der Waals surface area contributed by atoms with Crippen molar-refractivity contribution in [2.24, 2.45) is 5.73 Å². The summed E-state index contributed by atoms with van der Waals surface area (Å²) in [7, 11) is 1.67. The molecular weight excluding hydrogens is 176 g/mol. The van der Waals surface area contributed by atoms with Crippen molar-refractivity contribution >= 4 is 5.69 Å². The first kappa shape index (κ1) is 10.9. The van der Waals surface area contributed by atoms with E-state index in [0.717, 1.165) is 30.0 Å². The molecule has 0 unspecified atom stereocenters. The monoisotopic (exact) mass is 194 g/mol. The Morgan fingerprint density at radius 3 is 2.79 bits per heavy atom. The summed E-state index contributed by atoms with van der Waals surface area (Å²) < 4.78 is 5.15. The van der Waals surface area contributed by atoms with Gasteiger partial charge in [0, 0.05) is 24.8 Å². The maximum absolute atomic E-state index is 5.63. The van der Waals surface area contributed by atoms with Gasteiger partial charge in [0.1, 0.15) is 5.75 Å². The molecule has 3 heteroatoms. The van der Waals surface area contributed by atoms with Crippen molar-refractivity contribution in [1.29, 1.82) is 0 Å². The Balaban J connectivity index is 2.84. The lowest BCUT2D eigenvalue weighted by Gasteiger charge is -2.11. The number of benzene rings is 1. The molecule has 3 N–H and O–H groups in total. The predicted molar refractivity (Wildman–Crippen MR) is 59.7 cm³/mol. The van der Waals surface area contributed by atoms with Gasteiger partial charge in [0.2, 0.25) is 0 Å². The highest BCUT2D eigenvalue weighted by Gasteiger charge is 2.01. The second-order valence-electron chi connectivity index (χ2n) is 3.15. The Bertz CT molecular complexity index is 287. The molecule has 0 aliphatic rings. The van der Waals surface area contributed by atoms with Gasteiger partial charge in [0.25, 0.3) is 0 Å². The van der Waals surface area contributed by atoms with Crippen LogP contribution in [0.3, 0.4) is 0 Å². The van der Waals surface area contributed by atoms with E-state index in [1.165, 1.54) is 0 Å². The summed E-state index contributed by atoms with van der Waals surface area (Å²) in [5.74, 6) is 0.862. The summed E-state index contributed by atoms with van der Waals surface area (Å²) in [5, 5.41) is 3.33. The Morgan fingerprint density at radius 1 is 1.43 bits per heavy atom. The molecule has 1 aromatic carbocycles. The third-order valence-electron chi connectivity index (χ3n) is 2.10. The summed E-state index contributed by atoms with van der Waals surface area (Å²) in [5.41, 5.74) is 7.83. The minimum Gasteiger partial charge on any atom is -0.497 e. The Morgan fingerprint density at radius 2 is 2.21 bits per heavy atom.